The van der Waals surface area contributed by atoms with E-state index in [1.165, 1.54) is 12.8 Å². The summed E-state index contributed by atoms with van der Waals surface area (Å²) in [5.74, 6) is -0.407. The van der Waals surface area contributed by atoms with Gasteiger partial charge in [-0.25, -0.2) is 0 Å². The summed E-state index contributed by atoms with van der Waals surface area (Å²) < 4.78 is 1.64. The van der Waals surface area contributed by atoms with Crippen LogP contribution in [0.15, 0.2) is 41.2 Å². The third-order valence-corrected chi connectivity index (χ3v) is 5.36. The number of hydrogen-bond donors (Lipinski definition) is 2. The first-order valence-corrected chi connectivity index (χ1v) is 9.77. The summed E-state index contributed by atoms with van der Waals surface area (Å²) >= 11 is 0. The lowest BCUT2D eigenvalue weighted by molar-refractivity contribution is 0.0914. The second-order valence-electron chi connectivity index (χ2n) is 7.35. The fourth-order valence-electron chi connectivity index (χ4n) is 3.83. The maximum absolute atomic E-state index is 12.8. The number of carbonyl (C=O) groups is 1. The van der Waals surface area contributed by atoms with Crippen molar-refractivity contribution in [1.29, 1.82) is 0 Å². The van der Waals surface area contributed by atoms with Crippen LogP contribution in [-0.4, -0.2) is 28.2 Å². The van der Waals surface area contributed by atoms with Crippen LogP contribution in [0.25, 0.3) is 0 Å². The van der Waals surface area contributed by atoms with Crippen LogP contribution in [0, 0.1) is 0 Å². The Bertz CT molecular complexity index is 843. The highest BCUT2D eigenvalue weighted by Gasteiger charge is 2.20. The van der Waals surface area contributed by atoms with E-state index in [4.69, 9.17) is 0 Å². The minimum absolute atomic E-state index is 0.170. The molecule has 0 fully saturated rings. The Balaban J connectivity index is 1.82. The number of nitrogens with zero attached hydrogens (tertiary/aromatic N) is 1. The van der Waals surface area contributed by atoms with Crippen molar-refractivity contribution in [1.82, 2.24) is 9.88 Å². The zero-order chi connectivity index (χ0) is 19.2. The highest BCUT2D eigenvalue weighted by molar-refractivity contribution is 5.94. The summed E-state index contributed by atoms with van der Waals surface area (Å²) in [5.41, 5.74) is 3.10. The number of fused-ring (bicyclic) bond motifs is 1. The summed E-state index contributed by atoms with van der Waals surface area (Å²) in [4.78, 5) is 25.5. The quantitative estimate of drug-likeness (QED) is 0.851. The largest absolute Gasteiger partial charge is 0.394 e. The van der Waals surface area contributed by atoms with Gasteiger partial charge in [-0.05, 0) is 49.3 Å². The second-order valence-corrected chi connectivity index (χ2v) is 7.35. The van der Waals surface area contributed by atoms with Crippen molar-refractivity contribution >= 4 is 5.91 Å². The second kappa shape index (κ2) is 9.00. The van der Waals surface area contributed by atoms with Crippen molar-refractivity contribution in [2.45, 2.75) is 51.0 Å². The Morgan fingerprint density at radius 1 is 1.15 bits per heavy atom. The van der Waals surface area contributed by atoms with Crippen LogP contribution in [0.4, 0.5) is 0 Å². The van der Waals surface area contributed by atoms with Gasteiger partial charge in [-0.2, -0.15) is 0 Å². The van der Waals surface area contributed by atoms with Crippen LogP contribution in [0.2, 0.25) is 0 Å². The van der Waals surface area contributed by atoms with E-state index in [9.17, 15) is 14.7 Å². The minimum Gasteiger partial charge on any atom is -0.394 e. The van der Waals surface area contributed by atoms with Crippen LogP contribution in [0.5, 0.6) is 0 Å². The number of hydrogen-bond acceptors (Lipinski definition) is 3. The maximum atomic E-state index is 12.8. The molecule has 1 aromatic heterocycles. The van der Waals surface area contributed by atoms with Gasteiger partial charge >= 0.3 is 0 Å². The number of benzene rings is 1. The summed E-state index contributed by atoms with van der Waals surface area (Å²) in [7, 11) is 1.76. The smallest absolute Gasteiger partial charge is 0.263 e. The van der Waals surface area contributed by atoms with Crippen LogP contribution in [0.1, 0.15) is 52.9 Å². The zero-order valence-electron chi connectivity index (χ0n) is 15.9. The van der Waals surface area contributed by atoms with Crippen LogP contribution in [-0.2, 0) is 26.3 Å². The molecule has 0 saturated carbocycles. The lowest BCUT2D eigenvalue weighted by atomic mass is 9.95. The summed E-state index contributed by atoms with van der Waals surface area (Å²) in [6.07, 6.45) is 6.85. The van der Waals surface area contributed by atoms with E-state index in [2.05, 4.69) is 5.32 Å². The molecule has 5 heteroatoms. The molecular formula is C22H28N2O3. The van der Waals surface area contributed by atoms with E-state index < -0.39 is 11.9 Å². The van der Waals surface area contributed by atoms with Gasteiger partial charge in [0.25, 0.3) is 11.5 Å². The Hall–Kier alpha value is -2.40. The molecule has 27 heavy (non-hydrogen) atoms. The minimum atomic E-state index is -0.424. The number of nitrogens with one attached hydrogen (secondary N) is 1. The number of pyridine rings is 1. The van der Waals surface area contributed by atoms with Gasteiger partial charge in [0.15, 0.2) is 0 Å². The van der Waals surface area contributed by atoms with Crippen LogP contribution >= 0.6 is 0 Å². The predicted octanol–water partition coefficient (Wildman–Crippen LogP) is 2.38. The molecule has 1 aliphatic carbocycles. The molecule has 144 valence electrons. The van der Waals surface area contributed by atoms with Crippen molar-refractivity contribution in [3.8, 4) is 0 Å². The molecule has 0 radical (unpaired) electrons. The summed E-state index contributed by atoms with van der Waals surface area (Å²) in [6, 6.07) is 11.0. The Morgan fingerprint density at radius 3 is 2.56 bits per heavy atom. The van der Waals surface area contributed by atoms with Crippen molar-refractivity contribution < 1.29 is 9.90 Å². The molecule has 1 aliphatic rings. The van der Waals surface area contributed by atoms with Gasteiger partial charge in [-0.3, -0.25) is 9.59 Å². The number of amides is 1. The van der Waals surface area contributed by atoms with Gasteiger partial charge in [0.2, 0.25) is 0 Å². The van der Waals surface area contributed by atoms with E-state index >= 15 is 0 Å². The molecule has 1 atom stereocenters. The number of aliphatic hydroxyl groups is 1. The van der Waals surface area contributed by atoms with Gasteiger partial charge in [-0.1, -0.05) is 43.2 Å². The van der Waals surface area contributed by atoms with Crippen molar-refractivity contribution in [3.63, 3.8) is 0 Å². The predicted molar refractivity (Wildman–Crippen MR) is 106 cm³/mol. The number of aryl methyl sites for hydroxylation is 1. The molecular weight excluding hydrogens is 340 g/mol. The molecule has 2 aromatic rings. The highest BCUT2D eigenvalue weighted by Crippen LogP contribution is 2.19. The number of rotatable bonds is 5. The molecule has 0 aliphatic heterocycles. The molecule has 0 spiro atoms. The van der Waals surface area contributed by atoms with Crippen molar-refractivity contribution in [2.75, 3.05) is 6.61 Å². The number of aliphatic hydroxyl groups excluding tert-OH is 1. The van der Waals surface area contributed by atoms with Gasteiger partial charge in [0.05, 0.1) is 12.6 Å². The average Bonchev–Trinajstić information content (AvgIpc) is 2.65. The molecule has 0 saturated heterocycles. The summed E-state index contributed by atoms with van der Waals surface area (Å²) in [5, 5.41) is 12.5. The molecule has 1 aromatic carbocycles. The number of aromatic nitrogens is 1. The SMILES string of the molecule is Cn1c2c(cc(C(=O)N[C@H](CO)Cc3ccccc3)c1=O)CCCCCC2. The van der Waals surface area contributed by atoms with Gasteiger partial charge < -0.3 is 15.0 Å². The Labute approximate surface area is 160 Å². The molecule has 3 rings (SSSR count). The molecule has 0 unspecified atom stereocenters. The lowest BCUT2D eigenvalue weighted by Crippen LogP contribution is -2.42. The monoisotopic (exact) mass is 368 g/mol. The van der Waals surface area contributed by atoms with E-state index in [0.29, 0.717) is 6.42 Å². The Kier molecular flexibility index (Phi) is 6.45. The van der Waals surface area contributed by atoms with Crippen molar-refractivity contribution in [3.05, 3.63) is 69.1 Å². The highest BCUT2D eigenvalue weighted by atomic mass is 16.3. The fraction of sp³-hybridized carbons (Fsp3) is 0.455. The fourth-order valence-corrected chi connectivity index (χ4v) is 3.83. The lowest BCUT2D eigenvalue weighted by Gasteiger charge is -2.20. The third kappa shape index (κ3) is 4.66. The first-order chi connectivity index (χ1) is 13.1. The first kappa shape index (κ1) is 19.4. The van der Waals surface area contributed by atoms with E-state index in [0.717, 1.165) is 42.5 Å². The molecule has 0 bridgehead atoms. The van der Waals surface area contributed by atoms with E-state index in [1.54, 1.807) is 17.7 Å². The average molecular weight is 368 g/mol. The molecule has 5 nitrogen and oxygen atoms in total. The maximum Gasteiger partial charge on any atom is 0.263 e. The topological polar surface area (TPSA) is 71.3 Å². The Morgan fingerprint density at radius 2 is 1.85 bits per heavy atom. The summed E-state index contributed by atoms with van der Waals surface area (Å²) in [6.45, 7) is -0.175. The van der Waals surface area contributed by atoms with E-state index in [-0.39, 0.29) is 17.7 Å². The van der Waals surface area contributed by atoms with Gasteiger partial charge in [0.1, 0.15) is 5.56 Å². The standard InChI is InChI=1S/C22H28N2O3/c1-24-20-12-8-3-2-7-11-17(20)14-19(22(24)27)21(26)23-18(15-25)13-16-9-5-4-6-10-16/h4-6,9-10,14,18,25H,2-3,7-8,11-13,15H2,1H3,(H,23,26)/t18-/m0/s1. The van der Waals surface area contributed by atoms with Crippen LogP contribution in [0.3, 0.4) is 0 Å². The number of carbonyl (C=O) groups excluding carboxylic acids is 1. The third-order valence-electron chi connectivity index (χ3n) is 5.36. The normalized spacial score (nSPS) is 15.3. The molecule has 1 heterocycles. The zero-order valence-corrected chi connectivity index (χ0v) is 15.9. The van der Waals surface area contributed by atoms with Crippen molar-refractivity contribution in [2.24, 2.45) is 7.05 Å². The van der Waals surface area contributed by atoms with Gasteiger partial charge in [0, 0.05) is 12.7 Å². The molecule has 1 amide bonds. The van der Waals surface area contributed by atoms with E-state index in [1.807, 2.05) is 30.3 Å². The van der Waals surface area contributed by atoms with Gasteiger partial charge in [-0.15, -0.1) is 0 Å². The molecule has 2 N–H and O–H groups in total. The first-order valence-electron chi connectivity index (χ1n) is 9.77. The van der Waals surface area contributed by atoms with Crippen LogP contribution < -0.4 is 10.9 Å².